The Bertz CT molecular complexity index is 435. The summed E-state index contributed by atoms with van der Waals surface area (Å²) in [6.07, 6.45) is 2.33. The number of hydrogen-bond acceptors (Lipinski definition) is 5. The van der Waals surface area contributed by atoms with Gasteiger partial charge in [0.05, 0.1) is 6.10 Å². The van der Waals surface area contributed by atoms with E-state index in [-0.39, 0.29) is 6.10 Å². The lowest BCUT2D eigenvalue weighted by atomic mass is 10.1. The molecule has 0 saturated carbocycles. The summed E-state index contributed by atoms with van der Waals surface area (Å²) in [6.45, 7) is 4.09. The second kappa shape index (κ2) is 5.86. The number of nitrogens with two attached hydrogens (primary N) is 1. The average molecular weight is 264 g/mol. The summed E-state index contributed by atoms with van der Waals surface area (Å²) in [6, 6.07) is 2.28. The SMILES string of the molecule is Cc1ccnc(N2CC(O)CC2CN(C)C)c1CN. The first kappa shape index (κ1) is 14.2. The number of nitrogens with zero attached hydrogens (tertiary/aromatic N) is 3. The van der Waals surface area contributed by atoms with Crippen molar-refractivity contribution in [1.29, 1.82) is 0 Å². The molecule has 5 nitrogen and oxygen atoms in total. The lowest BCUT2D eigenvalue weighted by Gasteiger charge is -2.29. The van der Waals surface area contributed by atoms with Crippen LogP contribution in [0.2, 0.25) is 0 Å². The molecule has 1 aliphatic rings. The van der Waals surface area contributed by atoms with Crippen LogP contribution in [0.5, 0.6) is 0 Å². The minimum Gasteiger partial charge on any atom is -0.391 e. The number of anilines is 1. The Morgan fingerprint density at radius 3 is 2.89 bits per heavy atom. The molecule has 2 heterocycles. The minimum atomic E-state index is -0.280. The van der Waals surface area contributed by atoms with Gasteiger partial charge in [0.15, 0.2) is 0 Å². The zero-order valence-corrected chi connectivity index (χ0v) is 12.0. The van der Waals surface area contributed by atoms with Gasteiger partial charge in [0.25, 0.3) is 0 Å². The fourth-order valence-electron chi connectivity index (χ4n) is 2.82. The molecule has 0 amide bonds. The Balaban J connectivity index is 2.31. The smallest absolute Gasteiger partial charge is 0.133 e. The fraction of sp³-hybridized carbons (Fsp3) is 0.643. The summed E-state index contributed by atoms with van der Waals surface area (Å²) < 4.78 is 0. The third-order valence-electron chi connectivity index (χ3n) is 3.71. The second-order valence-electron chi connectivity index (χ2n) is 5.59. The molecular formula is C14H24N4O. The van der Waals surface area contributed by atoms with Crippen molar-refractivity contribution in [2.24, 2.45) is 5.73 Å². The molecule has 2 unspecified atom stereocenters. The van der Waals surface area contributed by atoms with E-state index in [4.69, 9.17) is 5.73 Å². The summed E-state index contributed by atoms with van der Waals surface area (Å²) in [5.41, 5.74) is 8.11. The summed E-state index contributed by atoms with van der Waals surface area (Å²) in [5.74, 6) is 0.936. The number of pyridine rings is 1. The molecule has 0 spiro atoms. The first-order valence-electron chi connectivity index (χ1n) is 6.77. The molecule has 0 bridgehead atoms. The molecule has 1 aromatic rings. The molecule has 0 aliphatic carbocycles. The molecule has 3 N–H and O–H groups in total. The predicted octanol–water partition coefficient (Wildman–Crippen LogP) is 0.350. The van der Waals surface area contributed by atoms with Gasteiger partial charge in [0, 0.05) is 37.4 Å². The van der Waals surface area contributed by atoms with Gasteiger partial charge in [0.2, 0.25) is 0 Å². The molecule has 0 radical (unpaired) electrons. The molecule has 1 aliphatic heterocycles. The topological polar surface area (TPSA) is 65.6 Å². The van der Waals surface area contributed by atoms with E-state index in [9.17, 15) is 5.11 Å². The first-order valence-corrected chi connectivity index (χ1v) is 6.77. The van der Waals surface area contributed by atoms with E-state index in [1.54, 1.807) is 0 Å². The van der Waals surface area contributed by atoms with Gasteiger partial charge in [-0.2, -0.15) is 0 Å². The molecule has 2 atom stereocenters. The maximum Gasteiger partial charge on any atom is 0.133 e. The molecule has 1 saturated heterocycles. The highest BCUT2D eigenvalue weighted by Gasteiger charge is 2.33. The average Bonchev–Trinajstić information content (AvgIpc) is 2.68. The predicted molar refractivity (Wildman–Crippen MR) is 77.2 cm³/mol. The maximum absolute atomic E-state index is 9.96. The highest BCUT2D eigenvalue weighted by Crippen LogP contribution is 2.28. The van der Waals surface area contributed by atoms with Crippen molar-refractivity contribution in [3.05, 3.63) is 23.4 Å². The molecule has 19 heavy (non-hydrogen) atoms. The van der Waals surface area contributed by atoms with Crippen LogP contribution in [0.1, 0.15) is 17.5 Å². The van der Waals surface area contributed by atoms with Crippen LogP contribution in [-0.4, -0.2) is 54.3 Å². The third kappa shape index (κ3) is 3.05. The van der Waals surface area contributed by atoms with Crippen molar-refractivity contribution in [3.63, 3.8) is 0 Å². The van der Waals surface area contributed by atoms with Gasteiger partial charge in [0.1, 0.15) is 5.82 Å². The van der Waals surface area contributed by atoms with Crippen molar-refractivity contribution in [2.75, 3.05) is 32.1 Å². The second-order valence-corrected chi connectivity index (χ2v) is 5.59. The summed E-state index contributed by atoms with van der Waals surface area (Å²) >= 11 is 0. The van der Waals surface area contributed by atoms with Gasteiger partial charge in [-0.15, -0.1) is 0 Å². The van der Waals surface area contributed by atoms with Crippen molar-refractivity contribution in [2.45, 2.75) is 32.0 Å². The number of aliphatic hydroxyl groups excluding tert-OH is 1. The van der Waals surface area contributed by atoms with Gasteiger partial charge in [-0.3, -0.25) is 0 Å². The molecule has 1 aromatic heterocycles. The highest BCUT2D eigenvalue weighted by atomic mass is 16.3. The van der Waals surface area contributed by atoms with E-state index in [1.165, 1.54) is 0 Å². The lowest BCUT2D eigenvalue weighted by molar-refractivity contribution is 0.191. The summed E-state index contributed by atoms with van der Waals surface area (Å²) in [4.78, 5) is 8.86. The number of likely N-dealkylation sites (N-methyl/N-ethyl adjacent to an activating group) is 1. The van der Waals surface area contributed by atoms with Crippen molar-refractivity contribution in [1.82, 2.24) is 9.88 Å². The first-order chi connectivity index (χ1) is 9.02. The largest absolute Gasteiger partial charge is 0.391 e. The Morgan fingerprint density at radius 2 is 2.26 bits per heavy atom. The summed E-state index contributed by atoms with van der Waals surface area (Å²) in [7, 11) is 4.10. The van der Waals surface area contributed by atoms with E-state index < -0.39 is 0 Å². The van der Waals surface area contributed by atoms with Crippen LogP contribution < -0.4 is 10.6 Å². The van der Waals surface area contributed by atoms with Gasteiger partial charge >= 0.3 is 0 Å². The van der Waals surface area contributed by atoms with E-state index in [2.05, 4.69) is 35.8 Å². The number of aromatic nitrogens is 1. The monoisotopic (exact) mass is 264 g/mol. The quantitative estimate of drug-likeness (QED) is 0.821. The molecule has 0 aromatic carbocycles. The molecular weight excluding hydrogens is 240 g/mol. The standard InChI is InChI=1S/C14H24N4O/c1-10-4-5-16-14(13(10)7-15)18-9-12(19)6-11(18)8-17(2)3/h4-5,11-12,19H,6-9,15H2,1-3H3. The van der Waals surface area contributed by atoms with Gasteiger partial charge in [-0.05, 0) is 39.1 Å². The minimum absolute atomic E-state index is 0.280. The van der Waals surface area contributed by atoms with E-state index in [0.717, 1.165) is 29.9 Å². The van der Waals surface area contributed by atoms with E-state index >= 15 is 0 Å². The fourth-order valence-corrected chi connectivity index (χ4v) is 2.82. The molecule has 1 fully saturated rings. The maximum atomic E-state index is 9.96. The Labute approximate surface area is 115 Å². The number of rotatable bonds is 4. The van der Waals surface area contributed by atoms with Crippen LogP contribution in [-0.2, 0) is 6.54 Å². The Morgan fingerprint density at radius 1 is 1.53 bits per heavy atom. The van der Waals surface area contributed by atoms with Gasteiger partial charge < -0.3 is 20.6 Å². The van der Waals surface area contributed by atoms with Crippen LogP contribution in [0.3, 0.4) is 0 Å². The van der Waals surface area contributed by atoms with Crippen LogP contribution in [0.4, 0.5) is 5.82 Å². The Kier molecular flexibility index (Phi) is 4.39. The van der Waals surface area contributed by atoms with E-state index in [0.29, 0.717) is 19.1 Å². The van der Waals surface area contributed by atoms with Gasteiger partial charge in [-0.1, -0.05) is 0 Å². The molecule has 5 heteroatoms. The molecule has 2 rings (SSSR count). The zero-order chi connectivity index (χ0) is 14.0. The number of aryl methyl sites for hydroxylation is 1. The lowest BCUT2D eigenvalue weighted by Crippen LogP contribution is -2.38. The van der Waals surface area contributed by atoms with E-state index in [1.807, 2.05) is 12.3 Å². The van der Waals surface area contributed by atoms with Crippen molar-refractivity contribution < 1.29 is 5.11 Å². The Hall–Kier alpha value is -1.17. The molecule has 106 valence electrons. The third-order valence-corrected chi connectivity index (χ3v) is 3.71. The van der Waals surface area contributed by atoms with Crippen LogP contribution in [0.25, 0.3) is 0 Å². The van der Waals surface area contributed by atoms with Crippen LogP contribution >= 0.6 is 0 Å². The number of hydrogen-bond donors (Lipinski definition) is 2. The van der Waals surface area contributed by atoms with Crippen molar-refractivity contribution >= 4 is 5.82 Å². The number of aliphatic hydroxyl groups is 1. The zero-order valence-electron chi connectivity index (χ0n) is 12.0. The highest BCUT2D eigenvalue weighted by molar-refractivity contribution is 5.52. The van der Waals surface area contributed by atoms with Gasteiger partial charge in [-0.25, -0.2) is 4.98 Å². The summed E-state index contributed by atoms with van der Waals surface area (Å²) in [5, 5.41) is 9.96. The normalized spacial score (nSPS) is 23.4. The van der Waals surface area contributed by atoms with Crippen LogP contribution in [0, 0.1) is 6.92 Å². The van der Waals surface area contributed by atoms with Crippen molar-refractivity contribution in [3.8, 4) is 0 Å². The number of β-amino-alcohol motifs (C(OH)–C–C–N with tert-alkyl or cyclic N) is 1. The van der Waals surface area contributed by atoms with Crippen LogP contribution in [0.15, 0.2) is 12.3 Å².